The minimum atomic E-state index is 0.589. The molecule has 0 spiro atoms. The average Bonchev–Trinajstić information content (AvgIpc) is 2.60. The normalized spacial score (nSPS) is 21.7. The second-order valence-electron chi connectivity index (χ2n) is 5.05. The van der Waals surface area contributed by atoms with Crippen molar-refractivity contribution in [1.82, 2.24) is 9.88 Å². The Morgan fingerprint density at radius 1 is 1.39 bits per heavy atom. The molecule has 2 rings (SSSR count). The van der Waals surface area contributed by atoms with Crippen molar-refractivity contribution >= 4 is 11.4 Å². The Labute approximate surface area is 110 Å². The summed E-state index contributed by atoms with van der Waals surface area (Å²) in [5.74, 6) is 0. The number of nitrogens with one attached hydrogen (secondary N) is 1. The largest absolute Gasteiger partial charge is 0.387 e. The molecule has 2 heterocycles. The van der Waals surface area contributed by atoms with Crippen LogP contribution in [0, 0.1) is 0 Å². The van der Waals surface area contributed by atoms with E-state index in [1.54, 1.807) is 0 Å². The Morgan fingerprint density at radius 3 is 2.94 bits per heavy atom. The van der Waals surface area contributed by atoms with Crippen LogP contribution in [0.25, 0.3) is 0 Å². The van der Waals surface area contributed by atoms with Crippen LogP contribution < -0.4 is 10.2 Å². The highest BCUT2D eigenvalue weighted by atomic mass is 15.2. The van der Waals surface area contributed by atoms with Gasteiger partial charge in [-0.25, -0.2) is 0 Å². The topological polar surface area (TPSA) is 31.4 Å². The van der Waals surface area contributed by atoms with Crippen LogP contribution in [0.2, 0.25) is 0 Å². The minimum absolute atomic E-state index is 0.589. The standard InChI is InChI=1S/C14H24N4/c1-4-13-11-17(3)6-5-7-18(13)14-8-12(15-2)9-16-10-14/h8-10,13,15H,4-7,11H2,1-3H3. The molecule has 1 aliphatic heterocycles. The first-order chi connectivity index (χ1) is 8.74. The third-order valence-corrected chi connectivity index (χ3v) is 3.72. The molecule has 0 saturated carbocycles. The van der Waals surface area contributed by atoms with E-state index < -0.39 is 0 Å². The van der Waals surface area contributed by atoms with Gasteiger partial charge in [-0.2, -0.15) is 0 Å². The fraction of sp³-hybridized carbons (Fsp3) is 0.643. The summed E-state index contributed by atoms with van der Waals surface area (Å²) in [6, 6.07) is 2.78. The van der Waals surface area contributed by atoms with Crippen molar-refractivity contribution in [3.05, 3.63) is 18.5 Å². The second-order valence-corrected chi connectivity index (χ2v) is 5.05. The molecule has 0 aliphatic carbocycles. The zero-order chi connectivity index (χ0) is 13.0. The summed E-state index contributed by atoms with van der Waals surface area (Å²) in [5, 5.41) is 3.16. The van der Waals surface area contributed by atoms with Gasteiger partial charge >= 0.3 is 0 Å². The average molecular weight is 248 g/mol. The molecule has 1 saturated heterocycles. The second kappa shape index (κ2) is 6.05. The number of anilines is 2. The first-order valence-corrected chi connectivity index (χ1v) is 6.82. The smallest absolute Gasteiger partial charge is 0.0576 e. The molecular formula is C14H24N4. The van der Waals surface area contributed by atoms with Crippen molar-refractivity contribution in [2.75, 3.05) is 43.9 Å². The van der Waals surface area contributed by atoms with Crippen molar-refractivity contribution in [1.29, 1.82) is 0 Å². The van der Waals surface area contributed by atoms with Gasteiger partial charge in [-0.3, -0.25) is 4.98 Å². The first kappa shape index (κ1) is 13.1. The maximum atomic E-state index is 4.33. The maximum absolute atomic E-state index is 4.33. The van der Waals surface area contributed by atoms with Crippen LogP contribution in [-0.2, 0) is 0 Å². The fourth-order valence-corrected chi connectivity index (χ4v) is 2.65. The van der Waals surface area contributed by atoms with Crippen LogP contribution >= 0.6 is 0 Å². The number of hydrogen-bond acceptors (Lipinski definition) is 4. The Hall–Kier alpha value is -1.29. The molecular weight excluding hydrogens is 224 g/mol. The molecule has 1 aromatic rings. The Bertz CT molecular complexity index is 380. The van der Waals surface area contributed by atoms with Gasteiger partial charge in [-0.1, -0.05) is 6.92 Å². The van der Waals surface area contributed by atoms with Crippen molar-refractivity contribution in [3.8, 4) is 0 Å². The van der Waals surface area contributed by atoms with Crippen molar-refractivity contribution in [2.45, 2.75) is 25.8 Å². The molecule has 1 aromatic heterocycles. The van der Waals surface area contributed by atoms with Crippen molar-refractivity contribution < 1.29 is 0 Å². The van der Waals surface area contributed by atoms with Gasteiger partial charge in [0, 0.05) is 26.2 Å². The molecule has 1 aliphatic rings. The molecule has 1 atom stereocenters. The van der Waals surface area contributed by atoms with Crippen LogP contribution in [0.3, 0.4) is 0 Å². The van der Waals surface area contributed by atoms with Crippen LogP contribution in [-0.4, -0.2) is 49.7 Å². The van der Waals surface area contributed by atoms with E-state index in [4.69, 9.17) is 0 Å². The van der Waals surface area contributed by atoms with Gasteiger partial charge in [-0.05, 0) is 32.5 Å². The lowest BCUT2D eigenvalue weighted by Crippen LogP contribution is -2.39. The maximum Gasteiger partial charge on any atom is 0.0576 e. The molecule has 1 N–H and O–H groups in total. The van der Waals surface area contributed by atoms with Gasteiger partial charge in [0.15, 0.2) is 0 Å². The number of likely N-dealkylation sites (N-methyl/N-ethyl adjacent to an activating group) is 1. The molecule has 0 amide bonds. The lowest BCUT2D eigenvalue weighted by Gasteiger charge is -2.32. The highest BCUT2D eigenvalue weighted by Crippen LogP contribution is 2.23. The van der Waals surface area contributed by atoms with Gasteiger partial charge in [0.25, 0.3) is 0 Å². The van der Waals surface area contributed by atoms with Gasteiger partial charge < -0.3 is 15.1 Å². The minimum Gasteiger partial charge on any atom is -0.387 e. The molecule has 0 radical (unpaired) electrons. The lowest BCUT2D eigenvalue weighted by atomic mass is 10.1. The molecule has 4 heteroatoms. The van der Waals surface area contributed by atoms with Gasteiger partial charge in [0.2, 0.25) is 0 Å². The predicted octanol–water partition coefficient (Wildman–Crippen LogP) is 2.04. The zero-order valence-electron chi connectivity index (χ0n) is 11.7. The monoisotopic (exact) mass is 248 g/mol. The molecule has 4 nitrogen and oxygen atoms in total. The molecule has 0 aromatic carbocycles. The van der Waals surface area contributed by atoms with Crippen LogP contribution in [0.1, 0.15) is 19.8 Å². The highest BCUT2D eigenvalue weighted by Gasteiger charge is 2.22. The van der Waals surface area contributed by atoms with E-state index in [1.165, 1.54) is 25.1 Å². The number of nitrogens with zero attached hydrogens (tertiary/aromatic N) is 3. The Morgan fingerprint density at radius 2 is 2.22 bits per heavy atom. The van der Waals surface area contributed by atoms with E-state index in [-0.39, 0.29) is 0 Å². The molecule has 1 fully saturated rings. The quantitative estimate of drug-likeness (QED) is 0.887. The van der Waals surface area contributed by atoms with E-state index in [0.29, 0.717) is 6.04 Å². The van der Waals surface area contributed by atoms with E-state index in [1.807, 2.05) is 19.4 Å². The van der Waals surface area contributed by atoms with Crippen LogP contribution in [0.4, 0.5) is 11.4 Å². The summed E-state index contributed by atoms with van der Waals surface area (Å²) < 4.78 is 0. The summed E-state index contributed by atoms with van der Waals surface area (Å²) in [6.45, 7) is 5.72. The van der Waals surface area contributed by atoms with E-state index in [2.05, 4.69) is 40.1 Å². The number of rotatable bonds is 3. The van der Waals surface area contributed by atoms with Crippen LogP contribution in [0.5, 0.6) is 0 Å². The lowest BCUT2D eigenvalue weighted by molar-refractivity contribution is 0.328. The SMILES string of the molecule is CCC1CN(C)CCCN1c1cncc(NC)c1. The third kappa shape index (κ3) is 2.93. The summed E-state index contributed by atoms with van der Waals surface area (Å²) >= 11 is 0. The fourth-order valence-electron chi connectivity index (χ4n) is 2.65. The molecule has 18 heavy (non-hydrogen) atoms. The third-order valence-electron chi connectivity index (χ3n) is 3.72. The van der Waals surface area contributed by atoms with E-state index in [9.17, 15) is 0 Å². The zero-order valence-corrected chi connectivity index (χ0v) is 11.7. The summed E-state index contributed by atoms with van der Waals surface area (Å²) in [7, 11) is 4.16. The van der Waals surface area contributed by atoms with Gasteiger partial charge in [0.05, 0.1) is 23.8 Å². The summed E-state index contributed by atoms with van der Waals surface area (Å²) in [6.07, 6.45) is 6.24. The van der Waals surface area contributed by atoms with E-state index in [0.717, 1.165) is 18.8 Å². The summed E-state index contributed by atoms with van der Waals surface area (Å²) in [4.78, 5) is 9.28. The number of hydrogen-bond donors (Lipinski definition) is 1. The van der Waals surface area contributed by atoms with Gasteiger partial charge in [0.1, 0.15) is 0 Å². The van der Waals surface area contributed by atoms with Crippen LogP contribution in [0.15, 0.2) is 18.5 Å². The number of pyridine rings is 1. The molecule has 0 bridgehead atoms. The molecule has 100 valence electrons. The highest BCUT2D eigenvalue weighted by molar-refractivity contribution is 5.56. The predicted molar refractivity (Wildman–Crippen MR) is 77.3 cm³/mol. The summed E-state index contributed by atoms with van der Waals surface area (Å²) in [5.41, 5.74) is 2.32. The molecule has 1 unspecified atom stereocenters. The van der Waals surface area contributed by atoms with Gasteiger partial charge in [-0.15, -0.1) is 0 Å². The first-order valence-electron chi connectivity index (χ1n) is 6.82. The van der Waals surface area contributed by atoms with Crippen molar-refractivity contribution in [3.63, 3.8) is 0 Å². The van der Waals surface area contributed by atoms with Crippen molar-refractivity contribution in [2.24, 2.45) is 0 Å². The Balaban J connectivity index is 2.22. The number of aromatic nitrogens is 1. The Kier molecular flexibility index (Phi) is 4.42. The van der Waals surface area contributed by atoms with E-state index >= 15 is 0 Å².